The Morgan fingerprint density at radius 2 is 1.94 bits per heavy atom. The van der Waals surface area contributed by atoms with Gasteiger partial charge in [-0.3, -0.25) is 0 Å². The van der Waals surface area contributed by atoms with Gasteiger partial charge in [0.05, 0.1) is 6.04 Å². The standard InChI is InChI=1S/C13H15N3O2/c1-8(2)16-14-11(12(15-16)13(17)18)10-7-5-4-6-9(10)3/h4-8H,1-3H3,(H,17,18). The van der Waals surface area contributed by atoms with Crippen molar-refractivity contribution in [2.24, 2.45) is 0 Å². The number of benzene rings is 1. The number of aromatic carboxylic acids is 1. The van der Waals surface area contributed by atoms with Crippen molar-refractivity contribution in [2.75, 3.05) is 0 Å². The first-order chi connectivity index (χ1) is 8.50. The van der Waals surface area contributed by atoms with Crippen LogP contribution < -0.4 is 0 Å². The average molecular weight is 245 g/mol. The van der Waals surface area contributed by atoms with E-state index < -0.39 is 5.97 Å². The van der Waals surface area contributed by atoms with E-state index in [1.165, 1.54) is 4.80 Å². The van der Waals surface area contributed by atoms with E-state index in [0.717, 1.165) is 11.1 Å². The second-order valence-corrected chi connectivity index (χ2v) is 4.43. The van der Waals surface area contributed by atoms with Crippen LogP contribution in [0.2, 0.25) is 0 Å². The third-order valence-electron chi connectivity index (χ3n) is 2.69. The summed E-state index contributed by atoms with van der Waals surface area (Å²) in [6, 6.07) is 7.58. The van der Waals surface area contributed by atoms with Crippen LogP contribution in [0.5, 0.6) is 0 Å². The Morgan fingerprint density at radius 1 is 1.28 bits per heavy atom. The minimum absolute atomic E-state index is 0.00185. The number of carbonyl (C=O) groups is 1. The predicted molar refractivity (Wildman–Crippen MR) is 67.5 cm³/mol. The van der Waals surface area contributed by atoms with Gasteiger partial charge in [-0.2, -0.15) is 9.90 Å². The van der Waals surface area contributed by atoms with Crippen molar-refractivity contribution < 1.29 is 9.90 Å². The highest BCUT2D eigenvalue weighted by Gasteiger charge is 2.21. The van der Waals surface area contributed by atoms with E-state index in [2.05, 4.69) is 10.2 Å². The molecule has 2 aromatic rings. The topological polar surface area (TPSA) is 68.0 Å². The first-order valence-electron chi connectivity index (χ1n) is 5.77. The highest BCUT2D eigenvalue weighted by Crippen LogP contribution is 2.24. The van der Waals surface area contributed by atoms with Gasteiger partial charge in [-0.25, -0.2) is 4.79 Å². The van der Waals surface area contributed by atoms with Crippen molar-refractivity contribution in [3.8, 4) is 11.3 Å². The van der Waals surface area contributed by atoms with E-state index in [1.807, 2.05) is 45.0 Å². The molecule has 0 radical (unpaired) electrons. The number of rotatable bonds is 3. The van der Waals surface area contributed by atoms with Crippen LogP contribution in [0.15, 0.2) is 24.3 Å². The highest BCUT2D eigenvalue weighted by atomic mass is 16.4. The van der Waals surface area contributed by atoms with E-state index in [4.69, 9.17) is 0 Å². The molecule has 0 saturated heterocycles. The molecule has 2 rings (SSSR count). The second-order valence-electron chi connectivity index (χ2n) is 4.43. The van der Waals surface area contributed by atoms with Gasteiger partial charge in [0.25, 0.3) is 0 Å². The summed E-state index contributed by atoms with van der Waals surface area (Å²) in [4.78, 5) is 12.7. The van der Waals surface area contributed by atoms with Gasteiger partial charge in [-0.1, -0.05) is 24.3 Å². The normalized spacial score (nSPS) is 10.9. The van der Waals surface area contributed by atoms with Gasteiger partial charge in [0.15, 0.2) is 5.69 Å². The Bertz CT molecular complexity index is 588. The monoisotopic (exact) mass is 245 g/mol. The largest absolute Gasteiger partial charge is 0.476 e. The molecule has 0 aliphatic carbocycles. The number of nitrogens with zero attached hydrogens (tertiary/aromatic N) is 3. The summed E-state index contributed by atoms with van der Waals surface area (Å²) in [5, 5.41) is 17.5. The first-order valence-corrected chi connectivity index (χ1v) is 5.77. The van der Waals surface area contributed by atoms with Crippen molar-refractivity contribution in [2.45, 2.75) is 26.8 Å². The van der Waals surface area contributed by atoms with Crippen LogP contribution in [0.3, 0.4) is 0 Å². The molecule has 1 heterocycles. The van der Waals surface area contributed by atoms with E-state index in [0.29, 0.717) is 5.69 Å². The zero-order valence-corrected chi connectivity index (χ0v) is 10.6. The minimum atomic E-state index is -1.06. The zero-order chi connectivity index (χ0) is 13.3. The van der Waals surface area contributed by atoms with E-state index in [9.17, 15) is 9.90 Å². The Labute approximate surface area is 105 Å². The Kier molecular flexibility index (Phi) is 3.14. The Morgan fingerprint density at radius 3 is 2.50 bits per heavy atom. The van der Waals surface area contributed by atoms with E-state index in [1.54, 1.807) is 0 Å². The van der Waals surface area contributed by atoms with E-state index >= 15 is 0 Å². The second kappa shape index (κ2) is 4.60. The van der Waals surface area contributed by atoms with Crippen molar-refractivity contribution in [1.29, 1.82) is 0 Å². The molecule has 0 bridgehead atoms. The highest BCUT2D eigenvalue weighted by molar-refractivity contribution is 5.92. The fourth-order valence-corrected chi connectivity index (χ4v) is 1.72. The predicted octanol–water partition coefficient (Wildman–Crippen LogP) is 2.53. The molecule has 0 unspecified atom stereocenters. The lowest BCUT2D eigenvalue weighted by atomic mass is 10.0. The zero-order valence-electron chi connectivity index (χ0n) is 10.6. The molecule has 1 N–H and O–H groups in total. The molecule has 0 atom stereocenters. The van der Waals surface area contributed by atoms with Gasteiger partial charge in [0, 0.05) is 5.56 Å². The molecule has 0 amide bonds. The van der Waals surface area contributed by atoms with Crippen molar-refractivity contribution in [3.63, 3.8) is 0 Å². The molecular weight excluding hydrogens is 230 g/mol. The first kappa shape index (κ1) is 12.3. The smallest absolute Gasteiger partial charge is 0.358 e. The van der Waals surface area contributed by atoms with Crippen molar-refractivity contribution >= 4 is 5.97 Å². The van der Waals surface area contributed by atoms with Crippen molar-refractivity contribution in [1.82, 2.24) is 15.0 Å². The maximum atomic E-state index is 11.2. The summed E-state index contributed by atoms with van der Waals surface area (Å²) in [5.41, 5.74) is 2.21. The van der Waals surface area contributed by atoms with Crippen LogP contribution in [-0.2, 0) is 0 Å². The molecule has 18 heavy (non-hydrogen) atoms. The quantitative estimate of drug-likeness (QED) is 0.902. The number of carboxylic acids is 1. The molecular formula is C13H15N3O2. The lowest BCUT2D eigenvalue weighted by Gasteiger charge is -2.03. The van der Waals surface area contributed by atoms with Crippen LogP contribution in [-0.4, -0.2) is 26.1 Å². The summed E-state index contributed by atoms with van der Waals surface area (Å²) in [6.45, 7) is 5.75. The van der Waals surface area contributed by atoms with Crippen LogP contribution in [0.1, 0.15) is 35.9 Å². The van der Waals surface area contributed by atoms with Gasteiger partial charge in [-0.05, 0) is 26.3 Å². The molecule has 5 heteroatoms. The molecule has 1 aromatic carbocycles. The van der Waals surface area contributed by atoms with Gasteiger partial charge >= 0.3 is 5.97 Å². The lowest BCUT2D eigenvalue weighted by Crippen LogP contribution is -2.06. The summed E-state index contributed by atoms with van der Waals surface area (Å²) in [5.74, 6) is -1.06. The lowest BCUT2D eigenvalue weighted by molar-refractivity contribution is 0.0690. The average Bonchev–Trinajstić information content (AvgIpc) is 2.74. The summed E-state index contributed by atoms with van der Waals surface area (Å²) < 4.78 is 0. The molecule has 0 spiro atoms. The number of aryl methyl sites for hydroxylation is 1. The SMILES string of the molecule is Cc1ccccc1-c1nn(C(C)C)nc1C(=O)O. The van der Waals surface area contributed by atoms with Gasteiger partial charge < -0.3 is 5.11 Å². The number of aromatic nitrogens is 3. The van der Waals surface area contributed by atoms with Gasteiger partial charge in [0.1, 0.15) is 5.69 Å². The summed E-state index contributed by atoms with van der Waals surface area (Å²) in [6.07, 6.45) is 0. The fourth-order valence-electron chi connectivity index (χ4n) is 1.72. The van der Waals surface area contributed by atoms with Crippen LogP contribution >= 0.6 is 0 Å². The number of carboxylic acid groups (broad SMARTS) is 1. The minimum Gasteiger partial charge on any atom is -0.476 e. The molecule has 1 aromatic heterocycles. The maximum Gasteiger partial charge on any atom is 0.358 e. The third-order valence-corrected chi connectivity index (χ3v) is 2.69. The van der Waals surface area contributed by atoms with Crippen LogP contribution in [0.25, 0.3) is 11.3 Å². The van der Waals surface area contributed by atoms with Gasteiger partial charge in [0.2, 0.25) is 0 Å². The van der Waals surface area contributed by atoms with Crippen LogP contribution in [0.4, 0.5) is 0 Å². The van der Waals surface area contributed by atoms with Gasteiger partial charge in [-0.15, -0.1) is 5.10 Å². The molecule has 0 aliphatic heterocycles. The van der Waals surface area contributed by atoms with Crippen molar-refractivity contribution in [3.05, 3.63) is 35.5 Å². The van der Waals surface area contributed by atoms with Crippen LogP contribution in [0, 0.1) is 6.92 Å². The Hall–Kier alpha value is -2.17. The fraction of sp³-hybridized carbons (Fsp3) is 0.308. The number of hydrogen-bond donors (Lipinski definition) is 1. The molecule has 0 aliphatic rings. The Balaban J connectivity index is 2.63. The van der Waals surface area contributed by atoms with E-state index in [-0.39, 0.29) is 11.7 Å². The summed E-state index contributed by atoms with van der Waals surface area (Å²) >= 11 is 0. The maximum absolute atomic E-state index is 11.2. The molecule has 0 saturated carbocycles. The molecule has 0 fully saturated rings. The number of hydrogen-bond acceptors (Lipinski definition) is 3. The molecule has 5 nitrogen and oxygen atoms in total. The molecule has 94 valence electrons. The third kappa shape index (κ3) is 2.11. The summed E-state index contributed by atoms with van der Waals surface area (Å²) in [7, 11) is 0.